The molecule has 0 aromatic heterocycles. The Morgan fingerprint density at radius 1 is 1.00 bits per heavy atom. The Kier molecular flexibility index (Phi) is 5.93. The standard InChI is InChI=1S/C17H16BrNO7/c1-24-12-7-10(13(18)15(26-3)14(12)25-2)16(21)19-8-4-5-11(20)9(6-8)17(22)23/h4-7,20H,1-3H3,(H,19,21)(H,22,23). The number of carboxylic acids is 1. The summed E-state index contributed by atoms with van der Waals surface area (Å²) in [4.78, 5) is 23.7. The van der Waals surface area contributed by atoms with Crippen molar-refractivity contribution in [2.75, 3.05) is 26.6 Å². The number of halogens is 1. The number of nitrogens with one attached hydrogen (secondary N) is 1. The molecule has 26 heavy (non-hydrogen) atoms. The lowest BCUT2D eigenvalue weighted by Gasteiger charge is -2.16. The molecule has 0 fully saturated rings. The van der Waals surface area contributed by atoms with E-state index in [9.17, 15) is 14.7 Å². The summed E-state index contributed by atoms with van der Waals surface area (Å²) in [5.74, 6) is -1.38. The van der Waals surface area contributed by atoms with Gasteiger partial charge in [0.15, 0.2) is 11.5 Å². The van der Waals surface area contributed by atoms with Gasteiger partial charge >= 0.3 is 5.97 Å². The van der Waals surface area contributed by atoms with Gasteiger partial charge in [-0.15, -0.1) is 0 Å². The molecule has 0 saturated heterocycles. The number of carboxylic acid groups (broad SMARTS) is 1. The summed E-state index contributed by atoms with van der Waals surface area (Å²) in [6, 6.07) is 5.18. The summed E-state index contributed by atoms with van der Waals surface area (Å²) >= 11 is 3.30. The molecule has 0 aliphatic rings. The average Bonchev–Trinajstić information content (AvgIpc) is 2.62. The van der Waals surface area contributed by atoms with Crippen LogP contribution in [-0.2, 0) is 0 Å². The molecule has 0 aliphatic heterocycles. The fourth-order valence-corrected chi connectivity index (χ4v) is 2.91. The monoisotopic (exact) mass is 425 g/mol. The van der Waals surface area contributed by atoms with Gasteiger partial charge in [-0.3, -0.25) is 4.79 Å². The molecule has 0 spiro atoms. The number of aromatic hydroxyl groups is 1. The third-order valence-electron chi connectivity index (χ3n) is 3.50. The first-order chi connectivity index (χ1) is 12.3. The molecule has 0 bridgehead atoms. The molecule has 0 heterocycles. The van der Waals surface area contributed by atoms with Crippen LogP contribution in [0.15, 0.2) is 28.7 Å². The van der Waals surface area contributed by atoms with Gasteiger partial charge in [0.05, 0.1) is 31.4 Å². The van der Waals surface area contributed by atoms with E-state index in [2.05, 4.69) is 21.2 Å². The number of rotatable bonds is 6. The van der Waals surface area contributed by atoms with E-state index in [0.717, 1.165) is 6.07 Å². The fraction of sp³-hybridized carbons (Fsp3) is 0.176. The smallest absolute Gasteiger partial charge is 0.339 e. The highest BCUT2D eigenvalue weighted by molar-refractivity contribution is 9.10. The van der Waals surface area contributed by atoms with Crippen LogP contribution >= 0.6 is 15.9 Å². The molecule has 0 unspecified atom stereocenters. The predicted octanol–water partition coefficient (Wildman–Crippen LogP) is 3.13. The van der Waals surface area contributed by atoms with Crippen molar-refractivity contribution in [3.63, 3.8) is 0 Å². The van der Waals surface area contributed by atoms with Gasteiger partial charge in [0.1, 0.15) is 11.3 Å². The predicted molar refractivity (Wildman–Crippen MR) is 96.8 cm³/mol. The highest BCUT2D eigenvalue weighted by Gasteiger charge is 2.23. The number of hydrogen-bond donors (Lipinski definition) is 3. The Bertz CT molecular complexity index is 867. The van der Waals surface area contributed by atoms with Crippen LogP contribution in [0.4, 0.5) is 5.69 Å². The van der Waals surface area contributed by atoms with Gasteiger partial charge in [-0.25, -0.2) is 4.79 Å². The van der Waals surface area contributed by atoms with Crippen molar-refractivity contribution in [3.8, 4) is 23.0 Å². The number of carbonyl (C=O) groups is 2. The Balaban J connectivity index is 2.44. The van der Waals surface area contributed by atoms with E-state index in [1.165, 1.54) is 39.5 Å². The molecule has 0 radical (unpaired) electrons. The molecule has 2 aromatic carbocycles. The SMILES string of the molecule is COc1cc(C(=O)Nc2ccc(O)c(C(=O)O)c2)c(Br)c(OC)c1OC. The highest BCUT2D eigenvalue weighted by Crippen LogP contribution is 2.44. The Morgan fingerprint density at radius 2 is 1.65 bits per heavy atom. The molecular formula is C17H16BrNO7. The Morgan fingerprint density at radius 3 is 2.19 bits per heavy atom. The van der Waals surface area contributed by atoms with Crippen LogP contribution in [0.1, 0.15) is 20.7 Å². The summed E-state index contributed by atoms with van der Waals surface area (Å²) in [6.07, 6.45) is 0. The first-order valence-corrected chi connectivity index (χ1v) is 7.99. The summed E-state index contributed by atoms with van der Waals surface area (Å²) in [6.45, 7) is 0. The molecule has 0 aliphatic carbocycles. The Hall–Kier alpha value is -2.94. The molecule has 2 aromatic rings. The van der Waals surface area contributed by atoms with E-state index in [1.807, 2.05) is 0 Å². The van der Waals surface area contributed by atoms with Crippen molar-refractivity contribution >= 4 is 33.5 Å². The third-order valence-corrected chi connectivity index (χ3v) is 4.29. The van der Waals surface area contributed by atoms with Gasteiger partial charge in [0.25, 0.3) is 5.91 Å². The Labute approximate surface area is 157 Å². The lowest BCUT2D eigenvalue weighted by Crippen LogP contribution is -2.14. The van der Waals surface area contributed by atoms with E-state index in [4.69, 9.17) is 19.3 Å². The van der Waals surface area contributed by atoms with Crippen molar-refractivity contribution in [1.82, 2.24) is 0 Å². The number of aromatic carboxylic acids is 1. The van der Waals surface area contributed by atoms with Gasteiger partial charge in [-0.05, 0) is 40.2 Å². The lowest BCUT2D eigenvalue weighted by molar-refractivity contribution is 0.0693. The number of phenols is 1. The van der Waals surface area contributed by atoms with Crippen molar-refractivity contribution < 1.29 is 34.0 Å². The number of anilines is 1. The van der Waals surface area contributed by atoms with Crippen molar-refractivity contribution in [2.45, 2.75) is 0 Å². The molecule has 9 heteroatoms. The van der Waals surface area contributed by atoms with E-state index < -0.39 is 17.6 Å². The second-order valence-corrected chi connectivity index (χ2v) is 5.79. The van der Waals surface area contributed by atoms with E-state index in [-0.39, 0.29) is 28.3 Å². The number of ether oxygens (including phenoxy) is 3. The maximum Gasteiger partial charge on any atom is 0.339 e. The van der Waals surface area contributed by atoms with Crippen LogP contribution in [0, 0.1) is 0 Å². The molecule has 0 atom stereocenters. The largest absolute Gasteiger partial charge is 0.507 e. The number of benzene rings is 2. The topological polar surface area (TPSA) is 114 Å². The van der Waals surface area contributed by atoms with Crippen molar-refractivity contribution in [1.29, 1.82) is 0 Å². The van der Waals surface area contributed by atoms with Crippen LogP contribution in [-0.4, -0.2) is 43.4 Å². The molecule has 8 nitrogen and oxygen atoms in total. The number of carbonyl (C=O) groups excluding carboxylic acids is 1. The number of methoxy groups -OCH3 is 3. The van der Waals surface area contributed by atoms with Crippen LogP contribution in [0.2, 0.25) is 0 Å². The van der Waals surface area contributed by atoms with Gasteiger partial charge in [-0.1, -0.05) is 0 Å². The zero-order valence-electron chi connectivity index (χ0n) is 14.1. The summed E-state index contributed by atoms with van der Waals surface area (Å²) in [5, 5.41) is 21.2. The lowest BCUT2D eigenvalue weighted by atomic mass is 10.1. The minimum atomic E-state index is -1.31. The molecule has 1 amide bonds. The maximum atomic E-state index is 12.6. The first-order valence-electron chi connectivity index (χ1n) is 7.20. The highest BCUT2D eigenvalue weighted by atomic mass is 79.9. The van der Waals surface area contributed by atoms with Crippen LogP contribution in [0.5, 0.6) is 23.0 Å². The van der Waals surface area contributed by atoms with Crippen LogP contribution < -0.4 is 19.5 Å². The summed E-state index contributed by atoms with van der Waals surface area (Å²) in [5.41, 5.74) is 0.0575. The van der Waals surface area contributed by atoms with Crippen LogP contribution in [0.3, 0.4) is 0 Å². The summed E-state index contributed by atoms with van der Waals surface area (Å²) < 4.78 is 16.1. The third kappa shape index (κ3) is 3.67. The molecule has 0 saturated carbocycles. The second kappa shape index (κ2) is 7.96. The number of amides is 1. The molecular weight excluding hydrogens is 410 g/mol. The molecule has 138 valence electrons. The van der Waals surface area contributed by atoms with E-state index in [0.29, 0.717) is 10.2 Å². The van der Waals surface area contributed by atoms with Crippen molar-refractivity contribution in [2.24, 2.45) is 0 Å². The normalized spacial score (nSPS) is 10.2. The maximum absolute atomic E-state index is 12.6. The second-order valence-electron chi connectivity index (χ2n) is 5.00. The minimum absolute atomic E-state index is 0.185. The fourth-order valence-electron chi connectivity index (χ4n) is 2.27. The van der Waals surface area contributed by atoms with E-state index in [1.54, 1.807) is 0 Å². The summed E-state index contributed by atoms with van der Waals surface area (Å²) in [7, 11) is 4.28. The molecule has 2 rings (SSSR count). The zero-order valence-corrected chi connectivity index (χ0v) is 15.7. The quantitative estimate of drug-likeness (QED) is 0.608. The zero-order chi connectivity index (χ0) is 19.4. The van der Waals surface area contributed by atoms with E-state index >= 15 is 0 Å². The number of hydrogen-bond acceptors (Lipinski definition) is 6. The van der Waals surface area contributed by atoms with Gasteiger partial charge in [-0.2, -0.15) is 0 Å². The first kappa shape index (κ1) is 19.4. The van der Waals surface area contributed by atoms with Gasteiger partial charge in [0, 0.05) is 5.69 Å². The van der Waals surface area contributed by atoms with Crippen LogP contribution in [0.25, 0.3) is 0 Å². The van der Waals surface area contributed by atoms with Gasteiger partial charge < -0.3 is 29.7 Å². The minimum Gasteiger partial charge on any atom is -0.507 e. The van der Waals surface area contributed by atoms with Gasteiger partial charge in [0.2, 0.25) is 5.75 Å². The average molecular weight is 426 g/mol. The molecule has 3 N–H and O–H groups in total. The van der Waals surface area contributed by atoms with Crippen molar-refractivity contribution in [3.05, 3.63) is 39.9 Å².